The number of nitrogens with one attached hydrogen (secondary N) is 1. The van der Waals surface area contributed by atoms with Gasteiger partial charge in [-0.3, -0.25) is 4.79 Å². The number of hydrogen-bond donors (Lipinski definition) is 1. The van der Waals surface area contributed by atoms with Gasteiger partial charge < -0.3 is 9.88 Å². The number of hydrogen-bond acceptors (Lipinski definition) is 1. The topological polar surface area (TPSA) is 36.1 Å². The lowest BCUT2D eigenvalue weighted by molar-refractivity contribution is -0.131. The number of carbonyl (C=O) groups is 1. The molecule has 0 spiro atoms. The lowest BCUT2D eigenvalue weighted by atomic mass is 10.0. The fourth-order valence-corrected chi connectivity index (χ4v) is 3.29. The van der Waals surface area contributed by atoms with Gasteiger partial charge in [0.25, 0.3) is 0 Å². The van der Waals surface area contributed by atoms with Gasteiger partial charge in [-0.15, -0.1) is 0 Å². The quantitative estimate of drug-likeness (QED) is 0.773. The van der Waals surface area contributed by atoms with Crippen molar-refractivity contribution in [1.82, 2.24) is 9.88 Å². The molecule has 2 aromatic carbocycles. The molecule has 0 saturated heterocycles. The molecular weight excluding hydrogens is 291 g/mol. The lowest BCUT2D eigenvalue weighted by Crippen LogP contribution is -2.36. The van der Waals surface area contributed by atoms with E-state index in [1.54, 1.807) is 6.07 Å². The molecule has 116 valence electrons. The number of fused-ring (bicyclic) bond motifs is 3. The first kappa shape index (κ1) is 14.0. The van der Waals surface area contributed by atoms with E-state index in [-0.39, 0.29) is 11.7 Å². The highest BCUT2D eigenvalue weighted by Gasteiger charge is 2.24. The Morgan fingerprint density at radius 3 is 2.83 bits per heavy atom. The molecule has 0 bridgehead atoms. The van der Waals surface area contributed by atoms with E-state index >= 15 is 0 Å². The summed E-state index contributed by atoms with van der Waals surface area (Å²) in [4.78, 5) is 17.7. The van der Waals surface area contributed by atoms with Crippen LogP contribution in [0.25, 0.3) is 10.9 Å². The van der Waals surface area contributed by atoms with Crippen LogP contribution in [0.5, 0.6) is 0 Å². The van der Waals surface area contributed by atoms with Crippen LogP contribution in [0.15, 0.2) is 48.5 Å². The summed E-state index contributed by atoms with van der Waals surface area (Å²) in [6, 6.07) is 14.6. The Kier molecular flexibility index (Phi) is 3.37. The zero-order valence-corrected chi connectivity index (χ0v) is 12.7. The first-order valence-electron chi connectivity index (χ1n) is 7.81. The summed E-state index contributed by atoms with van der Waals surface area (Å²) in [5, 5.41) is 1.01. The minimum atomic E-state index is -0.242. The van der Waals surface area contributed by atoms with Crippen molar-refractivity contribution in [3.05, 3.63) is 71.2 Å². The molecule has 1 aromatic heterocycles. The van der Waals surface area contributed by atoms with Crippen molar-refractivity contribution in [2.45, 2.75) is 19.4 Å². The van der Waals surface area contributed by atoms with Gasteiger partial charge in [-0.2, -0.15) is 0 Å². The maximum Gasteiger partial charge on any atom is 0.227 e. The summed E-state index contributed by atoms with van der Waals surface area (Å²) >= 11 is 0. The molecule has 4 rings (SSSR count). The third-order valence-corrected chi connectivity index (χ3v) is 4.49. The number of benzene rings is 2. The Balaban J connectivity index is 1.58. The Labute approximate surface area is 133 Å². The second kappa shape index (κ2) is 5.54. The molecule has 1 aliphatic rings. The Morgan fingerprint density at radius 1 is 1.17 bits per heavy atom. The lowest BCUT2D eigenvalue weighted by Gasteiger charge is -2.27. The fourth-order valence-electron chi connectivity index (χ4n) is 3.29. The van der Waals surface area contributed by atoms with Crippen molar-refractivity contribution >= 4 is 16.8 Å². The highest BCUT2D eigenvalue weighted by atomic mass is 19.1. The average Bonchev–Trinajstić information content (AvgIpc) is 2.92. The van der Waals surface area contributed by atoms with Gasteiger partial charge >= 0.3 is 0 Å². The molecule has 0 radical (unpaired) electrons. The summed E-state index contributed by atoms with van der Waals surface area (Å²) in [5.41, 5.74) is 4.08. The van der Waals surface area contributed by atoms with Crippen molar-refractivity contribution in [1.29, 1.82) is 0 Å². The number of H-pyrrole nitrogens is 1. The number of amides is 1. The Bertz CT molecular complexity index is 870. The van der Waals surface area contributed by atoms with Crippen molar-refractivity contribution in [2.75, 3.05) is 6.54 Å². The summed E-state index contributed by atoms with van der Waals surface area (Å²) in [7, 11) is 0. The smallest absolute Gasteiger partial charge is 0.227 e. The van der Waals surface area contributed by atoms with Crippen LogP contribution in [0.2, 0.25) is 0 Å². The third-order valence-electron chi connectivity index (χ3n) is 4.49. The molecule has 3 nitrogen and oxygen atoms in total. The van der Waals surface area contributed by atoms with Gasteiger partial charge in [0.2, 0.25) is 5.91 Å². The first-order chi connectivity index (χ1) is 11.2. The van der Waals surface area contributed by atoms with Crippen LogP contribution in [0.3, 0.4) is 0 Å². The van der Waals surface area contributed by atoms with E-state index in [2.05, 4.69) is 4.98 Å². The SMILES string of the molecule is O=C(Cc1ccccc1)N1CCc2[nH]c3cc(F)ccc3c2C1. The molecule has 23 heavy (non-hydrogen) atoms. The number of carbonyl (C=O) groups excluding carboxylic acids is 1. The van der Waals surface area contributed by atoms with Crippen molar-refractivity contribution in [3.8, 4) is 0 Å². The second-order valence-electron chi connectivity index (χ2n) is 6.00. The van der Waals surface area contributed by atoms with Crippen molar-refractivity contribution in [2.24, 2.45) is 0 Å². The van der Waals surface area contributed by atoms with E-state index in [4.69, 9.17) is 0 Å². The molecular formula is C19H17FN2O. The van der Waals surface area contributed by atoms with Crippen LogP contribution in [-0.2, 0) is 24.2 Å². The van der Waals surface area contributed by atoms with E-state index in [1.165, 1.54) is 12.1 Å². The van der Waals surface area contributed by atoms with Gasteiger partial charge in [0.15, 0.2) is 0 Å². The molecule has 3 aromatic rings. The number of rotatable bonds is 2. The highest BCUT2D eigenvalue weighted by Crippen LogP contribution is 2.28. The summed E-state index contributed by atoms with van der Waals surface area (Å²) < 4.78 is 13.4. The van der Waals surface area contributed by atoms with Crippen LogP contribution in [-0.4, -0.2) is 22.3 Å². The van der Waals surface area contributed by atoms with Gasteiger partial charge in [-0.05, 0) is 23.8 Å². The zero-order valence-electron chi connectivity index (χ0n) is 12.7. The summed E-state index contributed by atoms with van der Waals surface area (Å²) in [6.45, 7) is 1.29. The van der Waals surface area contributed by atoms with Gasteiger partial charge in [0.1, 0.15) is 5.82 Å². The molecule has 0 aliphatic carbocycles. The molecule has 1 N–H and O–H groups in total. The van der Waals surface area contributed by atoms with Gasteiger partial charge in [0, 0.05) is 41.7 Å². The number of aromatic nitrogens is 1. The van der Waals surface area contributed by atoms with Crippen LogP contribution in [0.4, 0.5) is 4.39 Å². The van der Waals surface area contributed by atoms with E-state index in [1.807, 2.05) is 35.2 Å². The van der Waals surface area contributed by atoms with E-state index in [0.717, 1.165) is 34.1 Å². The number of nitrogens with zero attached hydrogens (tertiary/aromatic N) is 1. The van der Waals surface area contributed by atoms with Gasteiger partial charge in [-0.1, -0.05) is 30.3 Å². The summed E-state index contributed by atoms with van der Waals surface area (Å²) in [5.74, 6) is -0.105. The minimum absolute atomic E-state index is 0.137. The van der Waals surface area contributed by atoms with Crippen molar-refractivity contribution < 1.29 is 9.18 Å². The number of aromatic amines is 1. The molecule has 0 saturated carbocycles. The molecule has 1 amide bonds. The molecule has 0 unspecified atom stereocenters. The number of halogens is 1. The van der Waals surface area contributed by atoms with Crippen molar-refractivity contribution in [3.63, 3.8) is 0 Å². The van der Waals surface area contributed by atoms with Gasteiger partial charge in [0.05, 0.1) is 6.42 Å². The second-order valence-corrected chi connectivity index (χ2v) is 6.00. The van der Waals surface area contributed by atoms with E-state index < -0.39 is 0 Å². The first-order valence-corrected chi connectivity index (χ1v) is 7.81. The van der Waals surface area contributed by atoms with Crippen LogP contribution in [0, 0.1) is 5.82 Å². The van der Waals surface area contributed by atoms with Crippen LogP contribution < -0.4 is 0 Å². The normalized spacial score (nSPS) is 14.0. The summed E-state index contributed by atoms with van der Waals surface area (Å²) in [6.07, 6.45) is 1.21. The van der Waals surface area contributed by atoms with E-state index in [0.29, 0.717) is 19.5 Å². The maximum absolute atomic E-state index is 13.4. The van der Waals surface area contributed by atoms with Crippen LogP contribution >= 0.6 is 0 Å². The van der Waals surface area contributed by atoms with E-state index in [9.17, 15) is 9.18 Å². The maximum atomic E-state index is 13.4. The fraction of sp³-hybridized carbons (Fsp3) is 0.211. The molecule has 2 heterocycles. The largest absolute Gasteiger partial charge is 0.358 e. The standard InChI is InChI=1S/C19H17FN2O/c20-14-6-7-15-16-12-22(9-8-17(16)21-18(15)11-14)19(23)10-13-4-2-1-3-5-13/h1-7,11,21H,8-10,12H2. The minimum Gasteiger partial charge on any atom is -0.358 e. The monoisotopic (exact) mass is 308 g/mol. The Hall–Kier alpha value is -2.62. The zero-order chi connectivity index (χ0) is 15.8. The predicted octanol–water partition coefficient (Wildman–Crippen LogP) is 3.43. The molecule has 0 fully saturated rings. The predicted molar refractivity (Wildman–Crippen MR) is 87.5 cm³/mol. The molecule has 1 aliphatic heterocycles. The average molecular weight is 308 g/mol. The molecule has 0 atom stereocenters. The van der Waals surface area contributed by atoms with Crippen LogP contribution in [0.1, 0.15) is 16.8 Å². The molecule has 4 heteroatoms. The third kappa shape index (κ3) is 2.61. The highest BCUT2D eigenvalue weighted by molar-refractivity contribution is 5.86. The Morgan fingerprint density at radius 2 is 2.00 bits per heavy atom. The van der Waals surface area contributed by atoms with Gasteiger partial charge in [-0.25, -0.2) is 4.39 Å².